The second-order valence-electron chi connectivity index (χ2n) is 3.16. The number of hydrogen-bond donors (Lipinski definition) is 1. The van der Waals surface area contributed by atoms with Gasteiger partial charge in [0.2, 0.25) is 10.0 Å². The third-order valence-electron chi connectivity index (χ3n) is 1.94. The maximum Gasteiger partial charge on any atom is 0.244 e. The second-order valence-corrected chi connectivity index (χ2v) is 4.89. The van der Waals surface area contributed by atoms with Crippen LogP contribution in [-0.4, -0.2) is 22.1 Å². The highest BCUT2D eigenvalue weighted by atomic mass is 32.2. The van der Waals surface area contributed by atoms with Crippen molar-refractivity contribution < 1.29 is 13.2 Å². The number of aryl methyl sites for hydroxylation is 1. The molecule has 0 fully saturated rings. The van der Waals surface area contributed by atoms with Crippen molar-refractivity contribution in [3.8, 4) is 5.75 Å². The van der Waals surface area contributed by atoms with Crippen LogP contribution in [0.2, 0.25) is 0 Å². The van der Waals surface area contributed by atoms with E-state index in [1.807, 2.05) is 6.92 Å². The predicted octanol–water partition coefficient (Wildman–Crippen LogP) is 1.30. The zero-order chi connectivity index (χ0) is 11.5. The quantitative estimate of drug-likeness (QED) is 0.846. The van der Waals surface area contributed by atoms with Crippen molar-refractivity contribution in [1.29, 1.82) is 0 Å². The molecular formula is C10H15NO3S. The number of rotatable bonds is 4. The molecule has 0 aliphatic rings. The fraction of sp³-hybridized carbons (Fsp3) is 0.400. The molecule has 0 aliphatic heterocycles. The van der Waals surface area contributed by atoms with Crippen LogP contribution in [0.5, 0.6) is 5.75 Å². The highest BCUT2D eigenvalue weighted by molar-refractivity contribution is 7.89. The average Bonchev–Trinajstić information content (AvgIpc) is 2.17. The summed E-state index contributed by atoms with van der Waals surface area (Å²) in [6, 6.07) is 4.99. The smallest absolute Gasteiger partial charge is 0.244 e. The Kier molecular flexibility index (Phi) is 3.71. The molecule has 0 amide bonds. The minimum atomic E-state index is -3.44. The van der Waals surface area contributed by atoms with E-state index in [2.05, 4.69) is 4.72 Å². The van der Waals surface area contributed by atoms with Gasteiger partial charge in [-0.05, 0) is 24.6 Å². The minimum Gasteiger partial charge on any atom is -0.495 e. The van der Waals surface area contributed by atoms with Crippen LogP contribution >= 0.6 is 0 Å². The van der Waals surface area contributed by atoms with Gasteiger partial charge in [-0.2, -0.15) is 0 Å². The molecule has 0 aliphatic carbocycles. The van der Waals surface area contributed by atoms with Gasteiger partial charge >= 0.3 is 0 Å². The zero-order valence-corrected chi connectivity index (χ0v) is 9.89. The monoisotopic (exact) mass is 229 g/mol. The van der Waals surface area contributed by atoms with Crippen LogP contribution in [0.15, 0.2) is 23.1 Å². The summed E-state index contributed by atoms with van der Waals surface area (Å²) < 4.78 is 30.9. The first-order chi connectivity index (χ1) is 7.01. The van der Waals surface area contributed by atoms with Gasteiger partial charge in [-0.25, -0.2) is 13.1 Å². The van der Waals surface area contributed by atoms with Crippen molar-refractivity contribution >= 4 is 10.0 Å². The maximum atomic E-state index is 11.7. The molecule has 0 heterocycles. The summed E-state index contributed by atoms with van der Waals surface area (Å²) in [5, 5.41) is 0. The van der Waals surface area contributed by atoms with Gasteiger partial charge in [0.25, 0.3) is 0 Å². The topological polar surface area (TPSA) is 55.4 Å². The van der Waals surface area contributed by atoms with Crippen LogP contribution in [-0.2, 0) is 10.0 Å². The summed E-state index contributed by atoms with van der Waals surface area (Å²) in [4.78, 5) is 0.178. The lowest BCUT2D eigenvalue weighted by Crippen LogP contribution is -2.23. The molecule has 1 aromatic carbocycles. The molecule has 0 saturated heterocycles. The normalized spacial score (nSPS) is 11.4. The van der Waals surface area contributed by atoms with Gasteiger partial charge in [0, 0.05) is 6.54 Å². The Balaban J connectivity index is 3.25. The Labute approximate surface area is 90.3 Å². The molecule has 0 bridgehead atoms. The van der Waals surface area contributed by atoms with Crippen LogP contribution in [0.3, 0.4) is 0 Å². The first-order valence-electron chi connectivity index (χ1n) is 4.65. The summed E-state index contributed by atoms with van der Waals surface area (Å²) >= 11 is 0. The molecule has 0 spiro atoms. The number of ether oxygens (including phenoxy) is 1. The van der Waals surface area contributed by atoms with Crippen molar-refractivity contribution in [1.82, 2.24) is 4.72 Å². The highest BCUT2D eigenvalue weighted by Crippen LogP contribution is 2.24. The molecule has 0 atom stereocenters. The SMILES string of the molecule is CCNS(=O)(=O)c1ccc(C)cc1OC. The van der Waals surface area contributed by atoms with E-state index < -0.39 is 10.0 Å². The van der Waals surface area contributed by atoms with Crippen LogP contribution in [0.4, 0.5) is 0 Å². The first-order valence-corrected chi connectivity index (χ1v) is 6.14. The largest absolute Gasteiger partial charge is 0.495 e. The fourth-order valence-electron chi connectivity index (χ4n) is 1.26. The molecule has 1 N–H and O–H groups in total. The van der Waals surface area contributed by atoms with E-state index in [0.717, 1.165) is 5.56 Å². The number of hydrogen-bond acceptors (Lipinski definition) is 3. The van der Waals surface area contributed by atoms with Gasteiger partial charge in [0.05, 0.1) is 7.11 Å². The lowest BCUT2D eigenvalue weighted by molar-refractivity contribution is 0.402. The van der Waals surface area contributed by atoms with Gasteiger partial charge in [-0.1, -0.05) is 13.0 Å². The molecule has 15 heavy (non-hydrogen) atoms. The predicted molar refractivity (Wildman–Crippen MR) is 58.6 cm³/mol. The van der Waals surface area contributed by atoms with Crippen molar-refractivity contribution in [2.24, 2.45) is 0 Å². The molecule has 84 valence electrons. The van der Waals surface area contributed by atoms with E-state index >= 15 is 0 Å². The molecule has 0 radical (unpaired) electrons. The van der Waals surface area contributed by atoms with E-state index in [1.54, 1.807) is 25.1 Å². The van der Waals surface area contributed by atoms with E-state index in [4.69, 9.17) is 4.74 Å². The Morgan fingerprint density at radius 1 is 1.40 bits per heavy atom. The van der Waals surface area contributed by atoms with E-state index in [-0.39, 0.29) is 4.90 Å². The lowest BCUT2D eigenvalue weighted by Gasteiger charge is -2.10. The summed E-state index contributed by atoms with van der Waals surface area (Å²) in [7, 11) is -1.99. The molecule has 0 aromatic heterocycles. The fourth-order valence-corrected chi connectivity index (χ4v) is 2.45. The summed E-state index contributed by atoms with van der Waals surface area (Å²) in [5.41, 5.74) is 0.960. The molecular weight excluding hydrogens is 214 g/mol. The van der Waals surface area contributed by atoms with Crippen LogP contribution in [0.25, 0.3) is 0 Å². The standard InChI is InChI=1S/C10H15NO3S/c1-4-11-15(12,13)10-6-5-8(2)7-9(10)14-3/h5-7,11H,4H2,1-3H3. The van der Waals surface area contributed by atoms with Crippen LogP contribution in [0.1, 0.15) is 12.5 Å². The third kappa shape index (κ3) is 2.70. The molecule has 1 rings (SSSR count). The van der Waals surface area contributed by atoms with Crippen molar-refractivity contribution in [2.75, 3.05) is 13.7 Å². The molecule has 0 saturated carbocycles. The number of methoxy groups -OCH3 is 1. The van der Waals surface area contributed by atoms with E-state index in [1.165, 1.54) is 7.11 Å². The molecule has 1 aromatic rings. The number of nitrogens with one attached hydrogen (secondary N) is 1. The minimum absolute atomic E-state index is 0.178. The van der Waals surface area contributed by atoms with Crippen LogP contribution in [0, 0.1) is 6.92 Å². The Bertz CT molecular complexity index is 440. The van der Waals surface area contributed by atoms with Gasteiger partial charge in [0.15, 0.2) is 0 Å². The van der Waals surface area contributed by atoms with Crippen molar-refractivity contribution in [3.05, 3.63) is 23.8 Å². The van der Waals surface area contributed by atoms with Crippen molar-refractivity contribution in [2.45, 2.75) is 18.7 Å². The van der Waals surface area contributed by atoms with Gasteiger partial charge < -0.3 is 4.74 Å². The Hall–Kier alpha value is -1.07. The molecule has 4 nitrogen and oxygen atoms in total. The lowest BCUT2D eigenvalue weighted by atomic mass is 10.2. The summed E-state index contributed by atoms with van der Waals surface area (Å²) in [6.45, 7) is 3.98. The van der Waals surface area contributed by atoms with E-state index in [9.17, 15) is 8.42 Å². The van der Waals surface area contributed by atoms with Crippen LogP contribution < -0.4 is 9.46 Å². The summed E-state index contributed by atoms with van der Waals surface area (Å²) in [5.74, 6) is 0.371. The number of sulfonamides is 1. The highest BCUT2D eigenvalue weighted by Gasteiger charge is 2.17. The van der Waals surface area contributed by atoms with Gasteiger partial charge in [-0.3, -0.25) is 0 Å². The average molecular weight is 229 g/mol. The molecule has 0 unspecified atom stereocenters. The van der Waals surface area contributed by atoms with Gasteiger partial charge in [0.1, 0.15) is 10.6 Å². The second kappa shape index (κ2) is 4.63. The van der Waals surface area contributed by atoms with Gasteiger partial charge in [-0.15, -0.1) is 0 Å². The maximum absolute atomic E-state index is 11.7. The Morgan fingerprint density at radius 3 is 2.60 bits per heavy atom. The zero-order valence-electron chi connectivity index (χ0n) is 9.07. The molecule has 5 heteroatoms. The summed E-state index contributed by atoms with van der Waals surface area (Å²) in [6.07, 6.45) is 0. The number of benzene rings is 1. The van der Waals surface area contributed by atoms with E-state index in [0.29, 0.717) is 12.3 Å². The Morgan fingerprint density at radius 2 is 2.07 bits per heavy atom. The van der Waals surface area contributed by atoms with Crippen molar-refractivity contribution in [3.63, 3.8) is 0 Å². The third-order valence-corrected chi connectivity index (χ3v) is 3.53. The first kappa shape index (κ1) is 12.0.